The Hall–Kier alpha value is -2.08. The molecule has 7 heteroatoms. The SMILES string of the molecule is O=C(Nc1ccc(F)c(Cl)c1)N(CN1CCCC1)C1CC=C(c2cccc(Cl)c2)CC1. The van der Waals surface area contributed by atoms with E-state index in [0.29, 0.717) is 12.4 Å². The lowest BCUT2D eigenvalue weighted by Crippen LogP contribution is -2.48. The smallest absolute Gasteiger partial charge is 0.308 e. The summed E-state index contributed by atoms with van der Waals surface area (Å²) in [5, 5.41) is 3.63. The summed E-state index contributed by atoms with van der Waals surface area (Å²) in [6.45, 7) is 2.59. The number of rotatable bonds is 5. The summed E-state index contributed by atoms with van der Waals surface area (Å²) in [6.07, 6.45) is 7.09. The van der Waals surface area contributed by atoms with E-state index in [-0.39, 0.29) is 17.1 Å². The predicted molar refractivity (Wildman–Crippen MR) is 125 cm³/mol. The van der Waals surface area contributed by atoms with E-state index in [1.165, 1.54) is 23.8 Å². The number of hydrogen-bond acceptors (Lipinski definition) is 2. The van der Waals surface area contributed by atoms with E-state index in [4.69, 9.17) is 23.2 Å². The predicted octanol–water partition coefficient (Wildman–Crippen LogP) is 6.66. The van der Waals surface area contributed by atoms with Crippen molar-refractivity contribution in [2.45, 2.75) is 38.1 Å². The average molecular weight is 462 g/mol. The normalized spacial score (nSPS) is 19.2. The molecule has 0 bridgehead atoms. The fourth-order valence-corrected chi connectivity index (χ4v) is 4.68. The number of carbonyl (C=O) groups excluding carboxylic acids is 1. The molecular weight excluding hydrogens is 436 g/mol. The maximum absolute atomic E-state index is 13.5. The summed E-state index contributed by atoms with van der Waals surface area (Å²) < 4.78 is 13.5. The van der Waals surface area contributed by atoms with Crippen LogP contribution in [0.25, 0.3) is 5.57 Å². The van der Waals surface area contributed by atoms with Crippen LogP contribution in [0.2, 0.25) is 10.0 Å². The number of allylic oxidation sites excluding steroid dienone is 1. The molecule has 2 aliphatic rings. The molecule has 1 aliphatic carbocycles. The summed E-state index contributed by atoms with van der Waals surface area (Å²) in [4.78, 5) is 17.4. The van der Waals surface area contributed by atoms with Crippen molar-refractivity contribution in [3.63, 3.8) is 0 Å². The number of amides is 2. The van der Waals surface area contributed by atoms with Gasteiger partial charge in [0.2, 0.25) is 0 Å². The summed E-state index contributed by atoms with van der Waals surface area (Å²) in [6, 6.07) is 12.1. The Morgan fingerprint density at radius 2 is 1.97 bits per heavy atom. The fraction of sp³-hybridized carbons (Fsp3) is 0.375. The van der Waals surface area contributed by atoms with Gasteiger partial charge in [0.1, 0.15) is 5.82 Å². The molecule has 1 N–H and O–H groups in total. The zero-order chi connectivity index (χ0) is 21.8. The molecule has 2 aromatic rings. The van der Waals surface area contributed by atoms with Gasteiger partial charge in [0.05, 0.1) is 11.7 Å². The minimum Gasteiger partial charge on any atom is -0.308 e. The quantitative estimate of drug-likeness (QED) is 0.540. The summed E-state index contributed by atoms with van der Waals surface area (Å²) in [7, 11) is 0. The lowest BCUT2D eigenvalue weighted by molar-refractivity contribution is 0.129. The van der Waals surface area contributed by atoms with Crippen LogP contribution in [0.15, 0.2) is 48.5 Å². The Kier molecular flexibility index (Phi) is 7.16. The van der Waals surface area contributed by atoms with Crippen LogP contribution in [0.3, 0.4) is 0 Å². The van der Waals surface area contributed by atoms with Crippen LogP contribution >= 0.6 is 23.2 Å². The number of hydrogen-bond donors (Lipinski definition) is 1. The third kappa shape index (κ3) is 5.59. The largest absolute Gasteiger partial charge is 0.323 e. The highest BCUT2D eigenvalue weighted by molar-refractivity contribution is 6.31. The maximum Gasteiger partial charge on any atom is 0.323 e. The van der Waals surface area contributed by atoms with Crippen molar-refractivity contribution in [2.75, 3.05) is 25.1 Å². The number of likely N-dealkylation sites (tertiary alicyclic amines) is 1. The van der Waals surface area contributed by atoms with E-state index >= 15 is 0 Å². The third-order valence-corrected chi connectivity index (χ3v) is 6.53. The maximum atomic E-state index is 13.5. The minimum atomic E-state index is -0.500. The first kappa shape index (κ1) is 22.1. The van der Waals surface area contributed by atoms with Gasteiger partial charge in [-0.25, -0.2) is 9.18 Å². The van der Waals surface area contributed by atoms with Crippen molar-refractivity contribution in [1.82, 2.24) is 9.80 Å². The number of anilines is 1. The van der Waals surface area contributed by atoms with Crippen LogP contribution in [-0.2, 0) is 0 Å². The fourth-order valence-electron chi connectivity index (χ4n) is 4.31. The van der Waals surface area contributed by atoms with E-state index in [0.717, 1.165) is 55.8 Å². The lowest BCUT2D eigenvalue weighted by atomic mass is 9.90. The van der Waals surface area contributed by atoms with Crippen LogP contribution in [0.4, 0.5) is 14.9 Å². The first-order chi connectivity index (χ1) is 15.0. The molecule has 1 heterocycles. The van der Waals surface area contributed by atoms with Crippen molar-refractivity contribution < 1.29 is 9.18 Å². The van der Waals surface area contributed by atoms with E-state index in [1.54, 1.807) is 0 Å². The number of halogens is 3. The topological polar surface area (TPSA) is 35.6 Å². The van der Waals surface area contributed by atoms with Crippen molar-refractivity contribution in [3.8, 4) is 0 Å². The highest BCUT2D eigenvalue weighted by Gasteiger charge is 2.28. The van der Waals surface area contributed by atoms with Crippen LogP contribution < -0.4 is 5.32 Å². The highest BCUT2D eigenvalue weighted by atomic mass is 35.5. The zero-order valence-corrected chi connectivity index (χ0v) is 18.8. The third-order valence-electron chi connectivity index (χ3n) is 6.00. The molecule has 1 aliphatic heterocycles. The average Bonchev–Trinajstić information content (AvgIpc) is 3.28. The second-order valence-electron chi connectivity index (χ2n) is 8.16. The number of nitrogens with one attached hydrogen (secondary N) is 1. The van der Waals surface area contributed by atoms with Gasteiger partial charge >= 0.3 is 6.03 Å². The van der Waals surface area contributed by atoms with Crippen molar-refractivity contribution in [2.24, 2.45) is 0 Å². The van der Waals surface area contributed by atoms with Crippen LogP contribution in [-0.4, -0.2) is 41.6 Å². The molecule has 164 valence electrons. The second kappa shape index (κ2) is 10.0. The Bertz CT molecular complexity index is 975. The molecule has 1 atom stereocenters. The molecule has 1 unspecified atom stereocenters. The highest BCUT2D eigenvalue weighted by Crippen LogP contribution is 2.31. The Morgan fingerprint density at radius 3 is 2.65 bits per heavy atom. The van der Waals surface area contributed by atoms with Gasteiger partial charge in [0.15, 0.2) is 0 Å². The van der Waals surface area contributed by atoms with Gasteiger partial charge in [-0.15, -0.1) is 0 Å². The molecule has 0 saturated carbocycles. The van der Waals surface area contributed by atoms with Gasteiger partial charge in [-0.1, -0.05) is 41.4 Å². The standard InChI is InChI=1S/C24H26Cl2FN3O/c25-19-5-3-4-18(14-19)17-6-9-21(10-7-17)30(16-29-12-1-2-13-29)24(31)28-20-8-11-23(27)22(26)15-20/h3-6,8,11,14-15,21H,1-2,7,9-10,12-13,16H2,(H,28,31). The first-order valence-electron chi connectivity index (χ1n) is 10.7. The molecule has 0 spiro atoms. The Labute approximate surface area is 192 Å². The van der Waals surface area contributed by atoms with Gasteiger partial charge in [-0.3, -0.25) is 4.90 Å². The second-order valence-corrected chi connectivity index (χ2v) is 9.01. The summed E-state index contributed by atoms with van der Waals surface area (Å²) in [5.41, 5.74) is 2.90. The Morgan fingerprint density at radius 1 is 1.16 bits per heavy atom. The zero-order valence-electron chi connectivity index (χ0n) is 17.3. The Balaban J connectivity index is 1.49. The van der Waals surface area contributed by atoms with Gasteiger partial charge in [0.25, 0.3) is 0 Å². The van der Waals surface area contributed by atoms with Crippen LogP contribution in [0.5, 0.6) is 0 Å². The molecule has 4 nitrogen and oxygen atoms in total. The van der Waals surface area contributed by atoms with Crippen molar-refractivity contribution in [3.05, 3.63) is 70.0 Å². The van der Waals surface area contributed by atoms with Gasteiger partial charge in [-0.2, -0.15) is 0 Å². The monoisotopic (exact) mass is 461 g/mol. The van der Waals surface area contributed by atoms with Crippen LogP contribution in [0.1, 0.15) is 37.7 Å². The number of benzene rings is 2. The van der Waals surface area contributed by atoms with Gasteiger partial charge < -0.3 is 10.2 Å². The first-order valence-corrected chi connectivity index (χ1v) is 11.5. The minimum absolute atomic E-state index is 0.00402. The van der Waals surface area contributed by atoms with Crippen molar-refractivity contribution in [1.29, 1.82) is 0 Å². The number of urea groups is 1. The molecular formula is C24H26Cl2FN3O. The molecule has 1 fully saturated rings. The molecule has 0 radical (unpaired) electrons. The molecule has 2 amide bonds. The van der Waals surface area contributed by atoms with E-state index < -0.39 is 5.82 Å². The van der Waals surface area contributed by atoms with E-state index in [9.17, 15) is 9.18 Å². The van der Waals surface area contributed by atoms with Crippen LogP contribution in [0, 0.1) is 5.82 Å². The number of nitrogens with zero attached hydrogens (tertiary/aromatic N) is 2. The molecule has 2 aromatic carbocycles. The summed E-state index contributed by atoms with van der Waals surface area (Å²) in [5.74, 6) is -0.500. The molecule has 1 saturated heterocycles. The van der Waals surface area contributed by atoms with Crippen molar-refractivity contribution >= 4 is 40.5 Å². The van der Waals surface area contributed by atoms with Gasteiger partial charge in [0, 0.05) is 16.8 Å². The van der Waals surface area contributed by atoms with E-state index in [1.807, 2.05) is 23.1 Å². The van der Waals surface area contributed by atoms with Gasteiger partial charge in [-0.05, 0) is 86.7 Å². The summed E-state index contributed by atoms with van der Waals surface area (Å²) >= 11 is 12.0. The van der Waals surface area contributed by atoms with E-state index in [2.05, 4.69) is 22.4 Å². The molecule has 4 rings (SSSR count). The molecule has 0 aromatic heterocycles. The lowest BCUT2D eigenvalue weighted by Gasteiger charge is -2.36. The molecule has 31 heavy (non-hydrogen) atoms. The number of carbonyl (C=O) groups is 1.